The number of halogens is 1. The number of piperidine rings is 1. The van der Waals surface area contributed by atoms with E-state index in [-0.39, 0.29) is 12.0 Å². The van der Waals surface area contributed by atoms with Crippen LogP contribution in [0, 0.1) is 12.8 Å². The molecule has 0 amide bonds. The van der Waals surface area contributed by atoms with Crippen molar-refractivity contribution in [2.75, 3.05) is 13.1 Å². The summed E-state index contributed by atoms with van der Waals surface area (Å²) in [7, 11) is -3.47. The number of aliphatic hydroxyl groups excluding tert-OH is 1. The number of nitrogens with zero attached hydrogens (tertiary/aromatic N) is 1. The molecule has 0 aliphatic carbocycles. The largest absolute Gasteiger partial charge is 0.393 e. The summed E-state index contributed by atoms with van der Waals surface area (Å²) in [6, 6.07) is 4.83. The average molecular weight is 318 g/mol. The van der Waals surface area contributed by atoms with E-state index >= 15 is 0 Å². The van der Waals surface area contributed by atoms with Crippen molar-refractivity contribution >= 4 is 21.6 Å². The summed E-state index contributed by atoms with van der Waals surface area (Å²) < 4.78 is 26.7. The lowest BCUT2D eigenvalue weighted by Crippen LogP contribution is -2.40. The number of rotatable bonds is 3. The van der Waals surface area contributed by atoms with Crippen LogP contribution in [0.15, 0.2) is 23.1 Å². The van der Waals surface area contributed by atoms with Crippen LogP contribution in [0.1, 0.15) is 25.3 Å². The summed E-state index contributed by atoms with van der Waals surface area (Å²) in [5, 5.41) is 10.1. The van der Waals surface area contributed by atoms with Gasteiger partial charge in [0.15, 0.2) is 0 Å². The van der Waals surface area contributed by atoms with Gasteiger partial charge in [-0.3, -0.25) is 0 Å². The third kappa shape index (κ3) is 3.17. The summed E-state index contributed by atoms with van der Waals surface area (Å²) in [6.07, 6.45) is 1.02. The Morgan fingerprint density at radius 3 is 2.45 bits per heavy atom. The number of hydrogen-bond acceptors (Lipinski definition) is 3. The second-order valence-corrected chi connectivity index (χ2v) is 7.73. The van der Waals surface area contributed by atoms with Gasteiger partial charge in [0, 0.05) is 18.1 Å². The zero-order chi connectivity index (χ0) is 14.9. The lowest BCUT2D eigenvalue weighted by Gasteiger charge is -2.32. The van der Waals surface area contributed by atoms with Gasteiger partial charge in [-0.25, -0.2) is 8.42 Å². The van der Waals surface area contributed by atoms with E-state index in [4.69, 9.17) is 11.6 Å². The predicted molar refractivity (Wildman–Crippen MR) is 79.4 cm³/mol. The molecule has 0 spiro atoms. The van der Waals surface area contributed by atoms with Crippen molar-refractivity contribution in [3.63, 3.8) is 0 Å². The number of benzene rings is 1. The van der Waals surface area contributed by atoms with Gasteiger partial charge in [0.2, 0.25) is 10.0 Å². The molecule has 112 valence electrons. The Kier molecular flexibility index (Phi) is 4.74. The Hall–Kier alpha value is -0.620. The van der Waals surface area contributed by atoms with Gasteiger partial charge in [0.1, 0.15) is 0 Å². The number of sulfonamides is 1. The van der Waals surface area contributed by atoms with Crippen LogP contribution in [0.25, 0.3) is 0 Å². The smallest absolute Gasteiger partial charge is 0.243 e. The molecule has 0 bridgehead atoms. The first-order chi connectivity index (χ1) is 9.32. The van der Waals surface area contributed by atoms with E-state index in [9.17, 15) is 13.5 Å². The van der Waals surface area contributed by atoms with Crippen molar-refractivity contribution in [3.8, 4) is 0 Å². The highest BCUT2D eigenvalue weighted by molar-refractivity contribution is 7.89. The first kappa shape index (κ1) is 15.8. The van der Waals surface area contributed by atoms with E-state index in [1.54, 1.807) is 32.0 Å². The van der Waals surface area contributed by atoms with Gasteiger partial charge in [-0.2, -0.15) is 4.31 Å². The number of aryl methyl sites for hydroxylation is 1. The van der Waals surface area contributed by atoms with E-state index in [1.165, 1.54) is 4.31 Å². The molecule has 1 aliphatic rings. The van der Waals surface area contributed by atoms with Crippen LogP contribution in [0.3, 0.4) is 0 Å². The standard InChI is InChI=1S/C14H20ClNO3S/c1-10-9-13(15)3-4-14(10)20(18,19)16-7-5-12(6-8-16)11(2)17/h3-4,9,11-12,17H,5-8H2,1-2H3. The Balaban J connectivity index is 2.20. The minimum absolute atomic E-state index is 0.188. The lowest BCUT2D eigenvalue weighted by molar-refractivity contribution is 0.0912. The molecule has 1 heterocycles. The van der Waals surface area contributed by atoms with E-state index in [0.717, 1.165) is 0 Å². The summed E-state index contributed by atoms with van der Waals surface area (Å²) in [5.74, 6) is 0.188. The minimum atomic E-state index is -3.47. The van der Waals surface area contributed by atoms with Gasteiger partial charge >= 0.3 is 0 Å². The van der Waals surface area contributed by atoms with Gasteiger partial charge in [-0.1, -0.05) is 11.6 Å². The molecule has 1 atom stereocenters. The molecule has 1 saturated heterocycles. The van der Waals surface area contributed by atoms with Crippen LogP contribution in [0.4, 0.5) is 0 Å². The normalized spacial score (nSPS) is 20.0. The highest BCUT2D eigenvalue weighted by Crippen LogP contribution is 2.28. The van der Waals surface area contributed by atoms with Gasteiger partial charge in [-0.05, 0) is 56.4 Å². The number of aliphatic hydroxyl groups is 1. The molecule has 1 aromatic rings. The molecule has 0 aromatic heterocycles. The fraction of sp³-hybridized carbons (Fsp3) is 0.571. The maximum absolute atomic E-state index is 12.6. The van der Waals surface area contributed by atoms with Crippen molar-refractivity contribution in [1.82, 2.24) is 4.31 Å². The Morgan fingerprint density at radius 2 is 1.95 bits per heavy atom. The van der Waals surface area contributed by atoms with Gasteiger partial charge in [-0.15, -0.1) is 0 Å². The summed E-state index contributed by atoms with van der Waals surface area (Å²) in [6.45, 7) is 4.43. The van der Waals surface area contributed by atoms with Crippen molar-refractivity contribution in [1.29, 1.82) is 0 Å². The van der Waals surface area contributed by atoms with Crippen LogP contribution >= 0.6 is 11.6 Å². The zero-order valence-corrected chi connectivity index (χ0v) is 13.3. The fourth-order valence-electron chi connectivity index (χ4n) is 2.64. The summed E-state index contributed by atoms with van der Waals surface area (Å²) >= 11 is 5.87. The Bertz CT molecular complexity index is 578. The second-order valence-electron chi connectivity index (χ2n) is 5.39. The molecule has 1 fully saturated rings. The third-order valence-corrected chi connectivity index (χ3v) is 6.23. The maximum Gasteiger partial charge on any atom is 0.243 e. The Labute approximate surface area is 125 Å². The molecular formula is C14H20ClNO3S. The molecule has 0 saturated carbocycles. The van der Waals surface area contributed by atoms with Crippen molar-refractivity contribution in [2.24, 2.45) is 5.92 Å². The molecule has 1 N–H and O–H groups in total. The highest BCUT2D eigenvalue weighted by Gasteiger charge is 2.31. The third-order valence-electron chi connectivity index (χ3n) is 3.94. The molecule has 1 unspecified atom stereocenters. The molecule has 2 rings (SSSR count). The molecule has 0 radical (unpaired) electrons. The number of hydrogen-bond donors (Lipinski definition) is 1. The van der Waals surface area contributed by atoms with Gasteiger partial charge in [0.25, 0.3) is 0 Å². The first-order valence-electron chi connectivity index (χ1n) is 6.76. The molecule has 4 nitrogen and oxygen atoms in total. The first-order valence-corrected chi connectivity index (χ1v) is 8.58. The van der Waals surface area contributed by atoms with Crippen LogP contribution in [0.2, 0.25) is 5.02 Å². The minimum Gasteiger partial charge on any atom is -0.393 e. The average Bonchev–Trinajstić information content (AvgIpc) is 2.38. The van der Waals surface area contributed by atoms with Crippen molar-refractivity contribution < 1.29 is 13.5 Å². The van der Waals surface area contributed by atoms with Gasteiger partial charge in [0.05, 0.1) is 11.0 Å². The van der Waals surface area contributed by atoms with Crippen molar-refractivity contribution in [3.05, 3.63) is 28.8 Å². The lowest BCUT2D eigenvalue weighted by atomic mass is 9.93. The van der Waals surface area contributed by atoms with E-state index in [2.05, 4.69) is 0 Å². The topological polar surface area (TPSA) is 57.6 Å². The van der Waals surface area contributed by atoms with Crippen LogP contribution in [0.5, 0.6) is 0 Å². The van der Waals surface area contributed by atoms with Gasteiger partial charge < -0.3 is 5.11 Å². The van der Waals surface area contributed by atoms with E-state index in [0.29, 0.717) is 41.4 Å². The predicted octanol–water partition coefficient (Wildman–Crippen LogP) is 2.43. The molecule has 20 heavy (non-hydrogen) atoms. The quantitative estimate of drug-likeness (QED) is 0.931. The maximum atomic E-state index is 12.6. The van der Waals surface area contributed by atoms with Crippen LogP contribution < -0.4 is 0 Å². The second kappa shape index (κ2) is 6.02. The highest BCUT2D eigenvalue weighted by atomic mass is 35.5. The SMILES string of the molecule is Cc1cc(Cl)ccc1S(=O)(=O)N1CCC(C(C)O)CC1. The molecular weight excluding hydrogens is 298 g/mol. The Morgan fingerprint density at radius 1 is 1.35 bits per heavy atom. The van der Waals surface area contributed by atoms with Crippen molar-refractivity contribution in [2.45, 2.75) is 37.7 Å². The van der Waals surface area contributed by atoms with Crippen LogP contribution in [-0.2, 0) is 10.0 Å². The summed E-state index contributed by atoms with van der Waals surface area (Å²) in [4.78, 5) is 0.317. The molecule has 1 aliphatic heterocycles. The molecule has 6 heteroatoms. The van der Waals surface area contributed by atoms with Crippen LogP contribution in [-0.4, -0.2) is 37.0 Å². The molecule has 1 aromatic carbocycles. The van der Waals surface area contributed by atoms with E-state index in [1.807, 2.05) is 0 Å². The summed E-state index contributed by atoms with van der Waals surface area (Å²) in [5.41, 5.74) is 0.662. The fourth-order valence-corrected chi connectivity index (χ4v) is 4.54. The monoisotopic (exact) mass is 317 g/mol. The van der Waals surface area contributed by atoms with E-state index < -0.39 is 10.0 Å². The zero-order valence-electron chi connectivity index (χ0n) is 11.7.